The summed E-state index contributed by atoms with van der Waals surface area (Å²) in [6.45, 7) is -0.440. The predicted molar refractivity (Wildman–Crippen MR) is 82.9 cm³/mol. The molecule has 0 unspecified atom stereocenters. The molecule has 1 N–H and O–H groups in total. The number of hydrogen-bond donors (Lipinski definition) is 1. The highest BCUT2D eigenvalue weighted by molar-refractivity contribution is 6.01. The number of benzene rings is 1. The van der Waals surface area contributed by atoms with Crippen LogP contribution in [0.3, 0.4) is 0 Å². The summed E-state index contributed by atoms with van der Waals surface area (Å²) in [7, 11) is 2.95. The Labute approximate surface area is 135 Å². The molecule has 0 aliphatic heterocycles. The summed E-state index contributed by atoms with van der Waals surface area (Å²) in [6.07, 6.45) is 3.31. The molecule has 126 valence electrons. The number of esters is 1. The average molecular weight is 322 g/mol. The van der Waals surface area contributed by atoms with E-state index in [2.05, 4.69) is 0 Å². The summed E-state index contributed by atoms with van der Waals surface area (Å²) < 4.78 is 15.3. The van der Waals surface area contributed by atoms with E-state index in [0.29, 0.717) is 24.3 Å². The van der Waals surface area contributed by atoms with Gasteiger partial charge in [-0.05, 0) is 43.9 Å². The van der Waals surface area contributed by atoms with Gasteiger partial charge in [-0.25, -0.2) is 4.79 Å². The van der Waals surface area contributed by atoms with E-state index in [-0.39, 0.29) is 5.56 Å². The van der Waals surface area contributed by atoms with Crippen LogP contribution in [0.5, 0.6) is 11.5 Å². The van der Waals surface area contributed by atoms with Crippen LogP contribution in [0.25, 0.3) is 0 Å². The minimum Gasteiger partial charge on any atom is -0.497 e. The largest absolute Gasteiger partial charge is 0.497 e. The molecule has 23 heavy (non-hydrogen) atoms. The Morgan fingerprint density at radius 1 is 1.13 bits per heavy atom. The molecule has 0 atom stereocenters. The second-order valence-electron chi connectivity index (χ2n) is 5.66. The lowest BCUT2D eigenvalue weighted by atomic mass is 9.85. The molecule has 0 heterocycles. The maximum atomic E-state index is 12.3. The van der Waals surface area contributed by atoms with Gasteiger partial charge in [0.2, 0.25) is 5.78 Å². The maximum Gasteiger partial charge on any atom is 0.338 e. The highest BCUT2D eigenvalue weighted by Crippen LogP contribution is 2.29. The zero-order valence-corrected chi connectivity index (χ0v) is 13.5. The molecule has 2 rings (SSSR count). The Hall–Kier alpha value is -2.08. The fourth-order valence-corrected chi connectivity index (χ4v) is 2.72. The minimum absolute atomic E-state index is 0.273. The van der Waals surface area contributed by atoms with E-state index in [1.54, 1.807) is 12.1 Å². The number of hydrogen-bond acceptors (Lipinski definition) is 6. The lowest BCUT2D eigenvalue weighted by Crippen LogP contribution is -2.42. The van der Waals surface area contributed by atoms with Gasteiger partial charge in [0, 0.05) is 0 Å². The van der Waals surface area contributed by atoms with Crippen molar-refractivity contribution in [2.24, 2.45) is 0 Å². The van der Waals surface area contributed by atoms with E-state index in [1.165, 1.54) is 20.3 Å². The molecule has 6 nitrogen and oxygen atoms in total. The highest BCUT2D eigenvalue weighted by atomic mass is 16.6. The summed E-state index contributed by atoms with van der Waals surface area (Å²) >= 11 is 0. The third-order valence-electron chi connectivity index (χ3n) is 4.10. The maximum absolute atomic E-state index is 12.3. The highest BCUT2D eigenvalue weighted by Gasteiger charge is 2.39. The van der Waals surface area contributed by atoms with Gasteiger partial charge in [-0.2, -0.15) is 0 Å². The average Bonchev–Trinajstić information content (AvgIpc) is 2.59. The van der Waals surface area contributed by atoms with Gasteiger partial charge >= 0.3 is 5.97 Å². The number of Topliss-reactive ketones (excluding diaryl/α,β-unsaturated/α-hetero) is 1. The third-order valence-corrected chi connectivity index (χ3v) is 4.10. The molecule has 1 saturated carbocycles. The Kier molecular flexibility index (Phi) is 5.60. The number of carbonyl (C=O) groups is 2. The third kappa shape index (κ3) is 4.01. The molecule has 0 amide bonds. The van der Waals surface area contributed by atoms with E-state index in [9.17, 15) is 14.7 Å². The standard InChI is InChI=1S/C17H22O6/c1-21-12-6-7-15(22-2)13(10-12)14(18)11-23-16(19)17(20)8-4-3-5-9-17/h6-7,10,20H,3-5,8-9,11H2,1-2H3. The zero-order valence-electron chi connectivity index (χ0n) is 13.5. The minimum atomic E-state index is -1.46. The van der Waals surface area contributed by atoms with Gasteiger partial charge < -0.3 is 19.3 Å². The molecule has 1 aromatic carbocycles. The molecule has 0 aromatic heterocycles. The SMILES string of the molecule is COc1ccc(OC)c(C(=O)COC(=O)C2(O)CCCCC2)c1. The molecule has 0 spiro atoms. The first kappa shape index (κ1) is 17.3. The second-order valence-corrected chi connectivity index (χ2v) is 5.66. The molecule has 1 aliphatic carbocycles. The number of methoxy groups -OCH3 is 2. The summed E-state index contributed by atoms with van der Waals surface area (Å²) in [4.78, 5) is 24.3. The van der Waals surface area contributed by atoms with Crippen molar-refractivity contribution in [1.82, 2.24) is 0 Å². The first-order chi connectivity index (χ1) is 11.0. The molecule has 1 fully saturated rings. The smallest absolute Gasteiger partial charge is 0.338 e. The second kappa shape index (κ2) is 7.46. The molecule has 6 heteroatoms. The molecule has 0 bridgehead atoms. The molecule has 0 saturated heterocycles. The van der Waals surface area contributed by atoms with Gasteiger partial charge in [-0.15, -0.1) is 0 Å². The van der Waals surface area contributed by atoms with Crippen molar-refractivity contribution >= 4 is 11.8 Å². The van der Waals surface area contributed by atoms with Crippen molar-refractivity contribution in [3.63, 3.8) is 0 Å². The molecular weight excluding hydrogens is 300 g/mol. The quantitative estimate of drug-likeness (QED) is 0.638. The summed E-state index contributed by atoms with van der Waals surface area (Å²) in [6, 6.07) is 4.82. The Morgan fingerprint density at radius 2 is 1.83 bits per heavy atom. The van der Waals surface area contributed by atoms with Crippen LogP contribution in [0, 0.1) is 0 Å². The number of aliphatic hydroxyl groups is 1. The van der Waals surface area contributed by atoms with Gasteiger partial charge in [-0.1, -0.05) is 6.42 Å². The van der Waals surface area contributed by atoms with E-state index in [0.717, 1.165) is 19.3 Å². The first-order valence-corrected chi connectivity index (χ1v) is 7.65. The monoisotopic (exact) mass is 322 g/mol. The van der Waals surface area contributed by atoms with Gasteiger partial charge in [0.15, 0.2) is 12.2 Å². The normalized spacial score (nSPS) is 16.5. The van der Waals surface area contributed by atoms with Gasteiger partial charge in [0.1, 0.15) is 11.5 Å². The van der Waals surface area contributed by atoms with Crippen molar-refractivity contribution in [2.45, 2.75) is 37.7 Å². The lowest BCUT2D eigenvalue weighted by Gasteiger charge is -2.29. The van der Waals surface area contributed by atoms with Gasteiger partial charge in [-0.3, -0.25) is 4.79 Å². The van der Waals surface area contributed by atoms with E-state index in [1.807, 2.05) is 0 Å². The van der Waals surface area contributed by atoms with E-state index < -0.39 is 24.0 Å². The van der Waals surface area contributed by atoms with Crippen LogP contribution in [0.2, 0.25) is 0 Å². The Balaban J connectivity index is 2.03. The van der Waals surface area contributed by atoms with Crippen LogP contribution in [0.15, 0.2) is 18.2 Å². The number of carbonyl (C=O) groups excluding carboxylic acids is 2. The van der Waals surface area contributed by atoms with Crippen LogP contribution in [-0.2, 0) is 9.53 Å². The molecule has 0 radical (unpaired) electrons. The Morgan fingerprint density at radius 3 is 2.43 bits per heavy atom. The number of rotatable bonds is 6. The van der Waals surface area contributed by atoms with Crippen molar-refractivity contribution in [2.75, 3.05) is 20.8 Å². The van der Waals surface area contributed by atoms with Crippen LogP contribution in [-0.4, -0.2) is 43.3 Å². The van der Waals surface area contributed by atoms with Crippen molar-refractivity contribution in [3.05, 3.63) is 23.8 Å². The fraction of sp³-hybridized carbons (Fsp3) is 0.529. The fourth-order valence-electron chi connectivity index (χ4n) is 2.72. The van der Waals surface area contributed by atoms with Crippen LogP contribution < -0.4 is 9.47 Å². The topological polar surface area (TPSA) is 82.1 Å². The first-order valence-electron chi connectivity index (χ1n) is 7.65. The van der Waals surface area contributed by atoms with Crippen molar-refractivity contribution in [3.8, 4) is 11.5 Å². The molecular formula is C17H22O6. The zero-order chi connectivity index (χ0) is 16.9. The molecule has 1 aromatic rings. The van der Waals surface area contributed by atoms with Crippen molar-refractivity contribution < 1.29 is 28.9 Å². The van der Waals surface area contributed by atoms with Crippen LogP contribution in [0.4, 0.5) is 0 Å². The number of ketones is 1. The van der Waals surface area contributed by atoms with Crippen LogP contribution >= 0.6 is 0 Å². The summed E-state index contributed by atoms with van der Waals surface area (Å²) in [5.74, 6) is -0.254. The van der Waals surface area contributed by atoms with E-state index in [4.69, 9.17) is 14.2 Å². The summed E-state index contributed by atoms with van der Waals surface area (Å²) in [5.41, 5.74) is -1.19. The van der Waals surface area contributed by atoms with Gasteiger partial charge in [0.25, 0.3) is 0 Å². The molecule has 1 aliphatic rings. The van der Waals surface area contributed by atoms with Crippen molar-refractivity contribution in [1.29, 1.82) is 0 Å². The van der Waals surface area contributed by atoms with Gasteiger partial charge in [0.05, 0.1) is 19.8 Å². The predicted octanol–water partition coefficient (Wildman–Crippen LogP) is 2.12. The van der Waals surface area contributed by atoms with Crippen LogP contribution in [0.1, 0.15) is 42.5 Å². The lowest BCUT2D eigenvalue weighted by molar-refractivity contribution is -0.167. The van der Waals surface area contributed by atoms with E-state index >= 15 is 0 Å². The number of ether oxygens (including phenoxy) is 3. The Bertz CT molecular complexity index is 574. The summed E-state index contributed by atoms with van der Waals surface area (Å²) in [5, 5.41) is 10.3.